The third-order valence-corrected chi connectivity index (χ3v) is 5.07. The number of amides is 3. The van der Waals surface area contributed by atoms with Crippen molar-refractivity contribution in [2.24, 2.45) is 0 Å². The first-order valence-corrected chi connectivity index (χ1v) is 8.72. The summed E-state index contributed by atoms with van der Waals surface area (Å²) in [6.45, 7) is 1.09. The van der Waals surface area contributed by atoms with Crippen molar-refractivity contribution >= 4 is 34.9 Å². The number of phenolic OH excluding ortho intramolecular Hbond substituents is 1. The molecule has 0 bridgehead atoms. The maximum absolute atomic E-state index is 12.5. The molecule has 3 rings (SSSR count). The number of rotatable bonds is 4. The van der Waals surface area contributed by atoms with Crippen LogP contribution in [0.1, 0.15) is 18.4 Å². The molecule has 2 fully saturated rings. The molecule has 1 aromatic carbocycles. The van der Waals surface area contributed by atoms with Gasteiger partial charge in [-0.05, 0) is 36.7 Å². The fourth-order valence-corrected chi connectivity index (χ4v) is 3.63. The fourth-order valence-electron chi connectivity index (χ4n) is 2.80. The molecule has 2 heterocycles. The van der Waals surface area contributed by atoms with Crippen molar-refractivity contribution in [3.05, 3.63) is 28.7 Å². The summed E-state index contributed by atoms with van der Waals surface area (Å²) < 4.78 is 5.03. The number of carbonyl (C=O) groups excluding carboxylic acids is 3. The van der Waals surface area contributed by atoms with Crippen LogP contribution in [-0.4, -0.2) is 58.7 Å². The molecule has 8 heteroatoms. The largest absolute Gasteiger partial charge is 0.504 e. The van der Waals surface area contributed by atoms with E-state index in [0.29, 0.717) is 18.7 Å². The van der Waals surface area contributed by atoms with E-state index in [9.17, 15) is 19.5 Å². The summed E-state index contributed by atoms with van der Waals surface area (Å²) in [5, 5.41) is 9.63. The number of methoxy groups -OCH3 is 1. The van der Waals surface area contributed by atoms with Crippen molar-refractivity contribution in [3.8, 4) is 11.5 Å². The van der Waals surface area contributed by atoms with Gasteiger partial charge in [0.1, 0.15) is 6.54 Å². The molecule has 3 amide bonds. The van der Waals surface area contributed by atoms with Crippen molar-refractivity contribution in [1.82, 2.24) is 9.80 Å². The zero-order chi connectivity index (χ0) is 18.0. The van der Waals surface area contributed by atoms with Gasteiger partial charge in [0.05, 0.1) is 12.0 Å². The van der Waals surface area contributed by atoms with E-state index in [4.69, 9.17) is 4.74 Å². The van der Waals surface area contributed by atoms with E-state index in [0.717, 1.165) is 29.5 Å². The number of phenols is 1. The number of likely N-dealkylation sites (tertiary alicyclic amines) is 1. The van der Waals surface area contributed by atoms with Crippen molar-refractivity contribution in [3.63, 3.8) is 0 Å². The van der Waals surface area contributed by atoms with Gasteiger partial charge in [0, 0.05) is 18.7 Å². The van der Waals surface area contributed by atoms with E-state index in [1.807, 2.05) is 0 Å². The van der Waals surface area contributed by atoms with Crippen molar-refractivity contribution < 1.29 is 24.2 Å². The van der Waals surface area contributed by atoms with Crippen LogP contribution in [0.15, 0.2) is 23.1 Å². The summed E-state index contributed by atoms with van der Waals surface area (Å²) in [6.07, 6.45) is 3.33. The minimum absolute atomic E-state index is 0.107. The lowest BCUT2D eigenvalue weighted by Crippen LogP contribution is -2.40. The van der Waals surface area contributed by atoms with Crippen molar-refractivity contribution in [2.45, 2.75) is 12.8 Å². The van der Waals surface area contributed by atoms with Gasteiger partial charge in [-0.15, -0.1) is 0 Å². The number of nitrogens with zero attached hydrogens (tertiary/aromatic N) is 2. The molecule has 25 heavy (non-hydrogen) atoms. The van der Waals surface area contributed by atoms with Crippen LogP contribution >= 0.6 is 11.8 Å². The number of ether oxygens (including phenoxy) is 1. The SMILES string of the molecule is COc1cccc(/C=C2\SC(=O)N(CC(=O)N3CCCC3)C2=O)c1O. The number of thioether (sulfide) groups is 1. The van der Waals surface area contributed by atoms with Crippen LogP contribution in [0.3, 0.4) is 0 Å². The molecule has 132 valence electrons. The zero-order valence-electron chi connectivity index (χ0n) is 13.7. The Balaban J connectivity index is 1.78. The Labute approximate surface area is 149 Å². The predicted octanol–water partition coefficient (Wildman–Crippen LogP) is 2.06. The highest BCUT2D eigenvalue weighted by molar-refractivity contribution is 8.18. The van der Waals surface area contributed by atoms with Crippen LogP contribution in [0.4, 0.5) is 4.79 Å². The number of benzene rings is 1. The Morgan fingerprint density at radius 3 is 2.72 bits per heavy atom. The van der Waals surface area contributed by atoms with Crippen LogP contribution in [0, 0.1) is 0 Å². The lowest BCUT2D eigenvalue weighted by Gasteiger charge is -2.18. The maximum atomic E-state index is 12.5. The number of para-hydroxylation sites is 1. The summed E-state index contributed by atoms with van der Waals surface area (Å²) in [7, 11) is 1.43. The molecule has 1 N–H and O–H groups in total. The number of hydrogen-bond acceptors (Lipinski definition) is 6. The van der Waals surface area contributed by atoms with Gasteiger partial charge in [-0.25, -0.2) is 0 Å². The Kier molecular flexibility index (Phi) is 4.98. The standard InChI is InChI=1S/C17H18N2O5S/c1-24-12-6-4-5-11(15(12)21)9-13-16(22)19(17(23)25-13)10-14(20)18-7-2-3-8-18/h4-6,9,21H,2-3,7-8,10H2,1H3/b13-9-. The fraction of sp³-hybridized carbons (Fsp3) is 0.353. The molecule has 0 radical (unpaired) electrons. The molecule has 0 saturated carbocycles. The van der Waals surface area contributed by atoms with Crippen LogP contribution in [-0.2, 0) is 9.59 Å². The molecule has 7 nitrogen and oxygen atoms in total. The average molecular weight is 362 g/mol. The van der Waals surface area contributed by atoms with Gasteiger partial charge in [-0.1, -0.05) is 12.1 Å². The first kappa shape index (κ1) is 17.3. The van der Waals surface area contributed by atoms with E-state index in [1.165, 1.54) is 13.2 Å². The summed E-state index contributed by atoms with van der Waals surface area (Å²) in [4.78, 5) is 39.6. The second kappa shape index (κ2) is 7.18. The van der Waals surface area contributed by atoms with E-state index in [-0.39, 0.29) is 28.9 Å². The molecule has 2 aliphatic heterocycles. The lowest BCUT2D eigenvalue weighted by atomic mass is 10.1. The van der Waals surface area contributed by atoms with Crippen molar-refractivity contribution in [1.29, 1.82) is 0 Å². The van der Waals surface area contributed by atoms with E-state index in [2.05, 4.69) is 0 Å². The Morgan fingerprint density at radius 1 is 1.32 bits per heavy atom. The first-order chi connectivity index (χ1) is 12.0. The second-order valence-electron chi connectivity index (χ2n) is 5.75. The average Bonchev–Trinajstić information content (AvgIpc) is 3.21. The minimum atomic E-state index is -0.523. The quantitative estimate of drug-likeness (QED) is 0.825. The molecule has 0 unspecified atom stereocenters. The molecule has 0 spiro atoms. The Hall–Kier alpha value is -2.48. The van der Waals surface area contributed by atoms with Gasteiger partial charge < -0.3 is 14.7 Å². The van der Waals surface area contributed by atoms with Crippen LogP contribution in [0.2, 0.25) is 0 Å². The molecule has 2 saturated heterocycles. The number of imide groups is 1. The smallest absolute Gasteiger partial charge is 0.294 e. The molecule has 0 aliphatic carbocycles. The van der Waals surface area contributed by atoms with Gasteiger partial charge in [0.2, 0.25) is 5.91 Å². The highest BCUT2D eigenvalue weighted by atomic mass is 32.2. The zero-order valence-corrected chi connectivity index (χ0v) is 14.5. The number of carbonyl (C=O) groups is 3. The molecule has 0 atom stereocenters. The molecule has 2 aliphatic rings. The normalized spacial score (nSPS) is 19.2. The van der Waals surface area contributed by atoms with Crippen LogP contribution in [0.5, 0.6) is 11.5 Å². The predicted molar refractivity (Wildman–Crippen MR) is 93.1 cm³/mol. The second-order valence-corrected chi connectivity index (χ2v) is 6.75. The van der Waals surface area contributed by atoms with Crippen LogP contribution in [0.25, 0.3) is 6.08 Å². The third kappa shape index (κ3) is 3.48. The topological polar surface area (TPSA) is 87.2 Å². The van der Waals surface area contributed by atoms with Gasteiger partial charge in [0.25, 0.3) is 11.1 Å². The highest BCUT2D eigenvalue weighted by Crippen LogP contribution is 2.36. The maximum Gasteiger partial charge on any atom is 0.294 e. The molecular formula is C17H18N2O5S. The highest BCUT2D eigenvalue weighted by Gasteiger charge is 2.37. The van der Waals surface area contributed by atoms with Crippen LogP contribution < -0.4 is 4.74 Å². The Morgan fingerprint density at radius 2 is 2.04 bits per heavy atom. The summed E-state index contributed by atoms with van der Waals surface area (Å²) in [6, 6.07) is 4.87. The molecular weight excluding hydrogens is 344 g/mol. The number of aromatic hydroxyl groups is 1. The van der Waals surface area contributed by atoms with Crippen molar-refractivity contribution in [2.75, 3.05) is 26.7 Å². The van der Waals surface area contributed by atoms with Gasteiger partial charge >= 0.3 is 0 Å². The monoisotopic (exact) mass is 362 g/mol. The number of hydrogen-bond donors (Lipinski definition) is 1. The summed E-state index contributed by atoms with van der Waals surface area (Å²) >= 11 is 0.759. The van der Waals surface area contributed by atoms with Gasteiger partial charge in [0.15, 0.2) is 11.5 Å². The molecule has 0 aromatic heterocycles. The lowest BCUT2D eigenvalue weighted by molar-refractivity contribution is -0.135. The molecule has 1 aromatic rings. The van der Waals surface area contributed by atoms with Gasteiger partial charge in [-0.2, -0.15) is 0 Å². The first-order valence-electron chi connectivity index (χ1n) is 7.90. The van der Waals surface area contributed by atoms with Gasteiger partial charge in [-0.3, -0.25) is 19.3 Å². The van der Waals surface area contributed by atoms with E-state index in [1.54, 1.807) is 23.1 Å². The summed E-state index contributed by atoms with van der Waals surface area (Å²) in [5.74, 6) is -0.572. The third-order valence-electron chi connectivity index (χ3n) is 4.16. The van der Waals surface area contributed by atoms with E-state index >= 15 is 0 Å². The summed E-state index contributed by atoms with van der Waals surface area (Å²) in [5.41, 5.74) is 0.371. The minimum Gasteiger partial charge on any atom is -0.504 e. The van der Waals surface area contributed by atoms with E-state index < -0.39 is 11.1 Å². The Bertz CT molecular complexity index is 755.